The van der Waals surface area contributed by atoms with Crippen LogP contribution in [0.25, 0.3) is 21.0 Å². The first-order valence-electron chi connectivity index (χ1n) is 10.4. The summed E-state index contributed by atoms with van der Waals surface area (Å²) in [7, 11) is 0. The van der Waals surface area contributed by atoms with E-state index in [1.807, 2.05) is 38.2 Å². The molecule has 1 aliphatic rings. The monoisotopic (exact) mass is 435 g/mol. The average molecular weight is 436 g/mol. The fraction of sp³-hybridized carbons (Fsp3) is 0.333. The van der Waals surface area contributed by atoms with Crippen LogP contribution in [0.5, 0.6) is 5.75 Å². The molecule has 3 aromatic rings. The quantitative estimate of drug-likeness (QED) is 0.287. The van der Waals surface area contributed by atoms with Gasteiger partial charge in [0.05, 0.1) is 23.2 Å². The number of aromatic nitrogens is 1. The second-order valence-electron chi connectivity index (χ2n) is 7.77. The van der Waals surface area contributed by atoms with Crippen LogP contribution in [-0.2, 0) is 11.3 Å². The highest BCUT2D eigenvalue weighted by Gasteiger charge is 2.25. The summed E-state index contributed by atoms with van der Waals surface area (Å²) in [6.45, 7) is 4.77. The predicted octanol–water partition coefficient (Wildman–Crippen LogP) is 5.20. The van der Waals surface area contributed by atoms with E-state index < -0.39 is 0 Å². The lowest BCUT2D eigenvalue weighted by Crippen LogP contribution is -2.23. The second-order valence-corrected chi connectivity index (χ2v) is 8.80. The van der Waals surface area contributed by atoms with Gasteiger partial charge in [0, 0.05) is 24.3 Å². The van der Waals surface area contributed by atoms with Crippen molar-refractivity contribution >= 4 is 11.3 Å². The van der Waals surface area contributed by atoms with Gasteiger partial charge >= 0.3 is 0 Å². The summed E-state index contributed by atoms with van der Waals surface area (Å²) in [6.07, 6.45) is 3.95. The van der Waals surface area contributed by atoms with Crippen LogP contribution in [0.1, 0.15) is 43.0 Å². The van der Waals surface area contributed by atoms with Gasteiger partial charge in [0.1, 0.15) is 16.8 Å². The Balaban J connectivity index is 1.60. The van der Waals surface area contributed by atoms with Gasteiger partial charge in [-0.2, -0.15) is 5.26 Å². The zero-order valence-corrected chi connectivity index (χ0v) is 18.4. The average Bonchev–Trinajstić information content (AvgIpc) is 3.41. The molecule has 31 heavy (non-hydrogen) atoms. The molecule has 1 aliphatic carbocycles. The van der Waals surface area contributed by atoms with Crippen molar-refractivity contribution in [3.8, 4) is 32.8 Å². The third-order valence-electron chi connectivity index (χ3n) is 5.34. The Hall–Kier alpha value is -2.76. The summed E-state index contributed by atoms with van der Waals surface area (Å²) in [4.78, 5) is 9.93. The fourth-order valence-electron chi connectivity index (χ4n) is 4.02. The largest absolute Gasteiger partial charge is 0.490 e. The van der Waals surface area contributed by atoms with Gasteiger partial charge in [-0.05, 0) is 61.6 Å². The first-order valence-corrected chi connectivity index (χ1v) is 11.2. The van der Waals surface area contributed by atoms with Crippen molar-refractivity contribution in [3.05, 3.63) is 59.3 Å². The van der Waals surface area contributed by atoms with Gasteiger partial charge in [0.2, 0.25) is 0 Å². The van der Waals surface area contributed by atoms with E-state index in [9.17, 15) is 5.26 Å². The van der Waals surface area contributed by atoms with E-state index in [1.165, 1.54) is 16.7 Å². The third-order valence-corrected chi connectivity index (χ3v) is 6.42. The summed E-state index contributed by atoms with van der Waals surface area (Å²) >= 11 is 1.63. The van der Waals surface area contributed by atoms with Gasteiger partial charge in [-0.25, -0.2) is 9.87 Å². The van der Waals surface area contributed by atoms with Crippen LogP contribution < -0.4 is 10.1 Å². The smallest absolute Gasteiger partial charge is 0.137 e. The van der Waals surface area contributed by atoms with E-state index in [2.05, 4.69) is 39.5 Å². The summed E-state index contributed by atoms with van der Waals surface area (Å²) in [6, 6.07) is 14.5. The molecule has 0 aliphatic heterocycles. The topological polar surface area (TPSA) is 87.4 Å². The number of hydrogen-bond donors (Lipinski definition) is 2. The van der Waals surface area contributed by atoms with E-state index in [1.54, 1.807) is 11.3 Å². The molecule has 6 nitrogen and oxygen atoms in total. The molecule has 0 radical (unpaired) electrons. The number of hydrogen-bond acceptors (Lipinski definition) is 7. The number of benzene rings is 2. The van der Waals surface area contributed by atoms with Crippen molar-refractivity contribution in [1.82, 2.24) is 10.3 Å². The molecule has 2 N–H and O–H groups in total. The number of ether oxygens (including phenoxy) is 1. The van der Waals surface area contributed by atoms with Gasteiger partial charge in [0.25, 0.3) is 0 Å². The molecule has 0 unspecified atom stereocenters. The van der Waals surface area contributed by atoms with Gasteiger partial charge in [-0.1, -0.05) is 18.2 Å². The molecular weight excluding hydrogens is 410 g/mol. The highest BCUT2D eigenvalue weighted by atomic mass is 32.1. The zero-order valence-electron chi connectivity index (χ0n) is 17.6. The van der Waals surface area contributed by atoms with Crippen molar-refractivity contribution in [3.63, 3.8) is 0 Å². The minimum Gasteiger partial charge on any atom is -0.490 e. The van der Waals surface area contributed by atoms with Gasteiger partial charge in [-0.15, -0.1) is 11.3 Å². The van der Waals surface area contributed by atoms with Crippen molar-refractivity contribution in [2.45, 2.75) is 38.8 Å². The molecule has 0 saturated heterocycles. The molecule has 0 bridgehead atoms. The van der Waals surface area contributed by atoms with Crippen molar-refractivity contribution in [2.75, 3.05) is 13.2 Å². The molecule has 0 spiro atoms. The first-order chi connectivity index (χ1) is 15.1. The van der Waals surface area contributed by atoms with Crippen LogP contribution in [0.3, 0.4) is 0 Å². The van der Waals surface area contributed by atoms with Crippen LogP contribution in [0.15, 0.2) is 42.6 Å². The molecule has 4 rings (SSSR count). The lowest BCUT2D eigenvalue weighted by atomic mass is 10.0. The van der Waals surface area contributed by atoms with Crippen LogP contribution in [-0.4, -0.2) is 29.5 Å². The molecule has 0 amide bonds. The number of nitriles is 1. The summed E-state index contributed by atoms with van der Waals surface area (Å²) in [5.74, 6) is 0.601. The molecule has 0 fully saturated rings. The molecule has 0 saturated carbocycles. The number of rotatable bonds is 8. The third kappa shape index (κ3) is 4.63. The van der Waals surface area contributed by atoms with Crippen molar-refractivity contribution < 1.29 is 14.9 Å². The van der Waals surface area contributed by atoms with Crippen LogP contribution in [0.2, 0.25) is 0 Å². The molecule has 7 heteroatoms. The Morgan fingerprint density at radius 2 is 2.19 bits per heavy atom. The van der Waals surface area contributed by atoms with Gasteiger partial charge < -0.3 is 10.1 Å². The predicted molar refractivity (Wildman–Crippen MR) is 121 cm³/mol. The van der Waals surface area contributed by atoms with E-state index in [4.69, 9.17) is 9.99 Å². The van der Waals surface area contributed by atoms with Crippen LogP contribution >= 0.6 is 11.3 Å². The van der Waals surface area contributed by atoms with Gasteiger partial charge in [-0.3, -0.25) is 5.26 Å². The van der Waals surface area contributed by atoms with E-state index in [-0.39, 0.29) is 18.8 Å². The lowest BCUT2D eigenvalue weighted by molar-refractivity contribution is -0.240. The molecule has 1 heterocycles. The second kappa shape index (κ2) is 9.58. The number of fused-ring (bicyclic) bond motifs is 1. The minimum atomic E-state index is 0.0130. The maximum atomic E-state index is 9.52. The number of nitrogens with zero attached hydrogens (tertiary/aromatic N) is 2. The summed E-state index contributed by atoms with van der Waals surface area (Å²) in [5, 5.41) is 22.4. The Morgan fingerprint density at radius 3 is 2.97 bits per heavy atom. The highest BCUT2D eigenvalue weighted by molar-refractivity contribution is 7.18. The van der Waals surface area contributed by atoms with Crippen LogP contribution in [0.4, 0.5) is 0 Å². The molecule has 160 valence electrons. The summed E-state index contributed by atoms with van der Waals surface area (Å²) < 4.78 is 5.73. The SMILES string of the molecule is CC(C)Oc1ccc(-c2ncc(-c3cccc4c3CC[C@@H]4NCCOO)s2)cc1C#N. The van der Waals surface area contributed by atoms with E-state index >= 15 is 0 Å². The zero-order chi connectivity index (χ0) is 21.8. The maximum Gasteiger partial charge on any atom is 0.137 e. The number of thiazole rings is 1. The maximum absolute atomic E-state index is 9.52. The van der Waals surface area contributed by atoms with Crippen LogP contribution in [0, 0.1) is 11.3 Å². The molecule has 2 aromatic carbocycles. The first kappa shape index (κ1) is 21.5. The lowest BCUT2D eigenvalue weighted by Gasteiger charge is -2.14. The van der Waals surface area contributed by atoms with E-state index in [0.717, 1.165) is 28.3 Å². The standard InChI is InChI=1S/C24H25N3O3S/c1-15(2)30-22-9-6-16(12-17(22)13-25)24-27-14-23(31-24)20-5-3-4-19-18(20)7-8-21(19)26-10-11-29-28/h3-6,9,12,14-15,21,26,28H,7-8,10-11H2,1-2H3/t21-/m0/s1. The molecule has 1 aromatic heterocycles. The Morgan fingerprint density at radius 1 is 1.32 bits per heavy atom. The Labute approximate surface area is 186 Å². The van der Waals surface area contributed by atoms with Crippen molar-refractivity contribution in [1.29, 1.82) is 5.26 Å². The minimum absolute atomic E-state index is 0.0130. The molecule has 1 atom stereocenters. The van der Waals surface area contributed by atoms with E-state index in [0.29, 0.717) is 17.9 Å². The Kier molecular flexibility index (Phi) is 6.64. The fourth-order valence-corrected chi connectivity index (χ4v) is 4.98. The summed E-state index contributed by atoms with van der Waals surface area (Å²) in [5.41, 5.74) is 5.29. The van der Waals surface area contributed by atoms with Gasteiger partial charge in [0.15, 0.2) is 0 Å². The van der Waals surface area contributed by atoms with Crippen molar-refractivity contribution in [2.24, 2.45) is 0 Å². The molecular formula is C24H25N3O3S. The highest BCUT2D eigenvalue weighted by Crippen LogP contribution is 2.41. The number of nitrogens with one attached hydrogen (secondary N) is 1. The normalized spacial score (nSPS) is 15.1. The Bertz CT molecular complexity index is 1100.